The number of aromatic hydroxyl groups is 2. The predicted molar refractivity (Wildman–Crippen MR) is 94.4 cm³/mol. The number of alkyl halides is 1. The first-order valence-corrected chi connectivity index (χ1v) is 8.75. The van der Waals surface area contributed by atoms with Gasteiger partial charge in [-0.05, 0) is 54.6 Å². The largest absolute Gasteiger partial charge is 0.494 e. The summed E-state index contributed by atoms with van der Waals surface area (Å²) in [5.41, 5.74) is -3.13. The second-order valence-electron chi connectivity index (χ2n) is 6.84. The van der Waals surface area contributed by atoms with Gasteiger partial charge in [-0.1, -0.05) is 0 Å². The molecule has 0 radical (unpaired) electrons. The zero-order chi connectivity index (χ0) is 19.2. The molecule has 2 aromatic rings. The third-order valence-corrected chi connectivity index (χ3v) is 6.27. The monoisotopic (exact) mass is 472 g/mol. The van der Waals surface area contributed by atoms with E-state index in [-0.39, 0.29) is 11.1 Å². The van der Waals surface area contributed by atoms with E-state index in [2.05, 4.69) is 0 Å². The number of ether oxygens (including phenoxy) is 1. The lowest BCUT2D eigenvalue weighted by Crippen LogP contribution is -2.55. The van der Waals surface area contributed by atoms with Gasteiger partial charge in [0.1, 0.15) is 11.7 Å². The molecule has 136 valence electrons. The summed E-state index contributed by atoms with van der Waals surface area (Å²) in [4.78, 5) is 0. The van der Waals surface area contributed by atoms with Crippen LogP contribution in [0, 0.1) is 14.9 Å². The maximum atomic E-state index is 14.7. The van der Waals surface area contributed by atoms with Crippen molar-refractivity contribution in [2.45, 2.75) is 37.0 Å². The molecule has 3 heterocycles. The molecule has 2 aliphatic rings. The highest BCUT2D eigenvalue weighted by Gasteiger charge is 2.77. The number of benzene rings is 1. The lowest BCUT2D eigenvalue weighted by Gasteiger charge is -2.35. The van der Waals surface area contributed by atoms with Gasteiger partial charge in [-0.2, -0.15) is 5.26 Å². The molecule has 7 nitrogen and oxygen atoms in total. The SMILES string of the molecule is C[C@]12O[C@](C)(c3c1c(O)n(-c1ccc(C#N)c(I)c1)c3O)[C@@H](F)C2(O)O. The van der Waals surface area contributed by atoms with E-state index in [4.69, 9.17) is 10.00 Å². The number of nitrogens with zero attached hydrogens (tertiary/aromatic N) is 2. The van der Waals surface area contributed by atoms with E-state index in [0.717, 1.165) is 4.57 Å². The van der Waals surface area contributed by atoms with Gasteiger partial charge in [0, 0.05) is 3.57 Å². The van der Waals surface area contributed by atoms with E-state index < -0.39 is 34.9 Å². The zero-order valence-electron chi connectivity index (χ0n) is 13.7. The Morgan fingerprint density at radius 3 is 2.42 bits per heavy atom. The van der Waals surface area contributed by atoms with Crippen LogP contribution in [0.2, 0.25) is 0 Å². The molecular weight excluding hydrogens is 458 g/mol. The molecule has 3 atom stereocenters. The Morgan fingerprint density at radius 2 is 1.85 bits per heavy atom. The first kappa shape index (κ1) is 17.5. The molecule has 1 aromatic carbocycles. The summed E-state index contributed by atoms with van der Waals surface area (Å²) in [6.07, 6.45) is -2.23. The van der Waals surface area contributed by atoms with Crippen molar-refractivity contribution in [2.24, 2.45) is 0 Å². The maximum absolute atomic E-state index is 14.7. The summed E-state index contributed by atoms with van der Waals surface area (Å²) in [6, 6.07) is 6.62. The minimum absolute atomic E-state index is 0.0249. The van der Waals surface area contributed by atoms with Crippen LogP contribution in [0.1, 0.15) is 30.5 Å². The van der Waals surface area contributed by atoms with E-state index in [9.17, 15) is 24.8 Å². The number of rotatable bonds is 1. The zero-order valence-corrected chi connectivity index (χ0v) is 15.8. The highest BCUT2D eigenvalue weighted by atomic mass is 127. The average molecular weight is 472 g/mol. The lowest BCUT2D eigenvalue weighted by atomic mass is 9.74. The molecule has 0 aliphatic carbocycles. The van der Waals surface area contributed by atoms with E-state index >= 15 is 0 Å². The predicted octanol–water partition coefficient (Wildman–Crippen LogP) is 1.86. The van der Waals surface area contributed by atoms with Crippen molar-refractivity contribution >= 4 is 22.6 Å². The molecule has 9 heteroatoms. The standard InChI is InChI=1S/C17H14FIN2O5/c1-15-10-11(16(2,26-15)17(24,25)14(15)18)13(23)21(12(10)22)8-4-3-7(6-20)9(19)5-8/h3-5,14,22-25H,1-2H3/t14-,15-,16+/m1/s1. The van der Waals surface area contributed by atoms with Crippen LogP contribution in [0.15, 0.2) is 18.2 Å². The van der Waals surface area contributed by atoms with Crippen LogP contribution in [-0.4, -0.2) is 37.0 Å². The fourth-order valence-electron chi connectivity index (χ4n) is 4.04. The topological polar surface area (TPSA) is 119 Å². The Morgan fingerprint density at radius 1 is 1.23 bits per heavy atom. The minimum Gasteiger partial charge on any atom is -0.494 e. The van der Waals surface area contributed by atoms with Gasteiger partial charge in [0.15, 0.2) is 11.8 Å². The van der Waals surface area contributed by atoms with Crippen LogP contribution in [0.5, 0.6) is 11.8 Å². The minimum atomic E-state index is -2.87. The van der Waals surface area contributed by atoms with Crippen LogP contribution in [0.3, 0.4) is 0 Å². The normalized spacial score (nSPS) is 31.0. The van der Waals surface area contributed by atoms with Gasteiger partial charge >= 0.3 is 0 Å². The summed E-state index contributed by atoms with van der Waals surface area (Å²) < 4.78 is 21.9. The van der Waals surface area contributed by atoms with E-state index in [1.54, 1.807) is 6.07 Å². The number of aromatic nitrogens is 1. The number of fused-ring (bicyclic) bond motifs is 5. The quantitative estimate of drug-likeness (QED) is 0.372. The van der Waals surface area contributed by atoms with Crippen molar-refractivity contribution in [1.29, 1.82) is 5.26 Å². The van der Waals surface area contributed by atoms with Gasteiger partial charge in [-0.3, -0.25) is 4.57 Å². The molecule has 1 saturated heterocycles. The summed E-state index contributed by atoms with van der Waals surface area (Å²) in [6.45, 7) is 2.55. The molecule has 2 aliphatic heterocycles. The Hall–Kier alpha value is -1.87. The Bertz CT molecular complexity index is 1010. The third kappa shape index (κ3) is 1.70. The van der Waals surface area contributed by atoms with E-state index in [0.29, 0.717) is 14.8 Å². The molecule has 4 N–H and O–H groups in total. The molecular formula is C17H14FIN2O5. The molecule has 1 aromatic heterocycles. The number of aliphatic hydroxyl groups is 2. The van der Waals surface area contributed by atoms with Crippen molar-refractivity contribution in [3.05, 3.63) is 38.5 Å². The van der Waals surface area contributed by atoms with E-state index in [1.165, 1.54) is 26.0 Å². The van der Waals surface area contributed by atoms with Crippen LogP contribution < -0.4 is 0 Å². The molecule has 0 saturated carbocycles. The van der Waals surface area contributed by atoms with Crippen molar-refractivity contribution in [1.82, 2.24) is 4.57 Å². The van der Waals surface area contributed by atoms with Crippen molar-refractivity contribution in [3.63, 3.8) is 0 Å². The van der Waals surface area contributed by atoms with Gasteiger partial charge in [-0.25, -0.2) is 4.39 Å². The number of halogens is 2. The summed E-state index contributed by atoms with van der Waals surface area (Å²) in [5, 5.41) is 51.0. The molecule has 1 fully saturated rings. The second-order valence-corrected chi connectivity index (χ2v) is 8.00. The van der Waals surface area contributed by atoms with Gasteiger partial charge < -0.3 is 25.2 Å². The van der Waals surface area contributed by atoms with Crippen molar-refractivity contribution < 1.29 is 29.6 Å². The number of hydrogen-bond donors (Lipinski definition) is 4. The number of nitriles is 1. The van der Waals surface area contributed by atoms with Crippen molar-refractivity contribution in [3.8, 4) is 23.5 Å². The van der Waals surface area contributed by atoms with Gasteiger partial charge in [0.2, 0.25) is 17.5 Å². The van der Waals surface area contributed by atoms with Crippen LogP contribution in [-0.2, 0) is 15.9 Å². The summed E-state index contributed by atoms with van der Waals surface area (Å²) >= 11 is 1.95. The van der Waals surface area contributed by atoms with E-state index in [1.807, 2.05) is 28.7 Å². The third-order valence-electron chi connectivity index (χ3n) is 5.38. The lowest BCUT2D eigenvalue weighted by molar-refractivity contribution is -0.258. The Balaban J connectivity index is 2.02. The van der Waals surface area contributed by atoms with Crippen LogP contribution >= 0.6 is 22.6 Å². The Labute approximate surface area is 161 Å². The van der Waals surface area contributed by atoms with Crippen LogP contribution in [0.4, 0.5) is 4.39 Å². The first-order chi connectivity index (χ1) is 12.0. The second kappa shape index (κ2) is 4.89. The highest BCUT2D eigenvalue weighted by Crippen LogP contribution is 2.67. The van der Waals surface area contributed by atoms with Crippen LogP contribution in [0.25, 0.3) is 5.69 Å². The van der Waals surface area contributed by atoms with Gasteiger partial charge in [0.05, 0.1) is 22.4 Å². The smallest absolute Gasteiger partial charge is 0.232 e. The fraction of sp³-hybridized carbons (Fsp3) is 0.353. The molecule has 26 heavy (non-hydrogen) atoms. The van der Waals surface area contributed by atoms with Gasteiger partial charge in [-0.15, -0.1) is 0 Å². The fourth-order valence-corrected chi connectivity index (χ4v) is 4.66. The molecule has 4 rings (SSSR count). The van der Waals surface area contributed by atoms with Gasteiger partial charge in [0.25, 0.3) is 0 Å². The first-order valence-electron chi connectivity index (χ1n) is 7.67. The Kier molecular flexibility index (Phi) is 3.30. The highest BCUT2D eigenvalue weighted by molar-refractivity contribution is 14.1. The summed E-state index contributed by atoms with van der Waals surface area (Å²) in [5.74, 6) is -3.81. The average Bonchev–Trinajstić information content (AvgIpc) is 3.04. The molecule has 0 unspecified atom stereocenters. The van der Waals surface area contributed by atoms with Crippen molar-refractivity contribution in [2.75, 3.05) is 0 Å². The molecule has 2 bridgehead atoms. The molecule has 0 spiro atoms. The maximum Gasteiger partial charge on any atom is 0.232 e. The number of hydrogen-bond acceptors (Lipinski definition) is 6. The summed E-state index contributed by atoms with van der Waals surface area (Å²) in [7, 11) is 0. The molecule has 0 amide bonds.